The minimum absolute atomic E-state index is 0.141. The van der Waals surface area contributed by atoms with Crippen LogP contribution in [0.3, 0.4) is 0 Å². The van der Waals surface area contributed by atoms with Crippen LogP contribution in [0.5, 0.6) is 0 Å². The van der Waals surface area contributed by atoms with Crippen LogP contribution in [0.1, 0.15) is 35.7 Å². The minimum atomic E-state index is -0.503. The third-order valence-corrected chi connectivity index (χ3v) is 6.26. The normalized spacial score (nSPS) is 13.8. The number of carbonyl (C=O) groups is 1. The van der Waals surface area contributed by atoms with Crippen LogP contribution in [0.15, 0.2) is 65.1 Å². The van der Waals surface area contributed by atoms with Crippen molar-refractivity contribution in [3.8, 4) is 11.5 Å². The van der Waals surface area contributed by atoms with Crippen molar-refractivity contribution in [1.82, 2.24) is 4.98 Å². The Labute approximate surface area is 207 Å². The van der Waals surface area contributed by atoms with E-state index < -0.39 is 10.8 Å². The second kappa shape index (κ2) is 9.79. The lowest BCUT2D eigenvalue weighted by molar-refractivity contribution is -0.384. The van der Waals surface area contributed by atoms with Crippen LogP contribution in [0.2, 0.25) is 0 Å². The molecule has 0 spiro atoms. The molecule has 1 aliphatic rings. The molecule has 5 rings (SSSR count). The van der Waals surface area contributed by atoms with E-state index in [1.165, 1.54) is 17.7 Å². The predicted octanol–water partition coefficient (Wildman–Crippen LogP) is 5.62. The quantitative estimate of drug-likeness (QED) is 0.278. The van der Waals surface area contributed by atoms with Crippen molar-refractivity contribution in [2.24, 2.45) is 0 Å². The molecule has 0 radical (unpaired) electrons. The number of nitro groups is 1. The van der Waals surface area contributed by atoms with E-state index in [1.807, 2.05) is 17.0 Å². The van der Waals surface area contributed by atoms with Gasteiger partial charge >= 0.3 is 0 Å². The molecule has 1 N–H and O–H groups in total. The number of nitrogens with one attached hydrogen (secondary N) is 1. The molecule has 0 unspecified atom stereocenters. The van der Waals surface area contributed by atoms with E-state index in [0.717, 1.165) is 5.56 Å². The van der Waals surface area contributed by atoms with Gasteiger partial charge in [0.2, 0.25) is 5.89 Å². The molecule has 1 saturated heterocycles. The molecule has 2 heterocycles. The first kappa shape index (κ1) is 23.5. The van der Waals surface area contributed by atoms with E-state index in [0.29, 0.717) is 60.6 Å². The van der Waals surface area contributed by atoms with Crippen LogP contribution in [0, 0.1) is 10.1 Å². The molecule has 1 aliphatic heterocycles. The van der Waals surface area contributed by atoms with E-state index in [4.69, 9.17) is 9.15 Å². The summed E-state index contributed by atoms with van der Waals surface area (Å²) in [6.45, 7) is 6.55. The topological polar surface area (TPSA) is 111 Å². The molecular formula is C27H26N4O5. The first-order chi connectivity index (χ1) is 17.4. The zero-order valence-corrected chi connectivity index (χ0v) is 20.1. The Morgan fingerprint density at radius 2 is 1.81 bits per heavy atom. The number of rotatable bonds is 6. The zero-order chi connectivity index (χ0) is 25.2. The van der Waals surface area contributed by atoms with Gasteiger partial charge in [-0.2, -0.15) is 0 Å². The molecule has 9 nitrogen and oxygen atoms in total. The summed E-state index contributed by atoms with van der Waals surface area (Å²) in [6.07, 6.45) is 0. The largest absolute Gasteiger partial charge is 0.436 e. The minimum Gasteiger partial charge on any atom is -0.436 e. The SMILES string of the molecule is CC(C)c1ccc(-c2nc3cc(NC(=O)c4cc([N+](=O)[O-])ccc4N4CCOCC4)ccc3o2)cc1. The van der Waals surface area contributed by atoms with Crippen molar-refractivity contribution in [3.63, 3.8) is 0 Å². The van der Waals surface area contributed by atoms with Gasteiger partial charge in [-0.25, -0.2) is 4.98 Å². The molecule has 0 bridgehead atoms. The molecule has 1 fully saturated rings. The van der Waals surface area contributed by atoms with Crippen LogP contribution in [-0.2, 0) is 4.74 Å². The number of nitro benzene ring substituents is 1. The van der Waals surface area contributed by atoms with Crippen LogP contribution in [0.25, 0.3) is 22.6 Å². The predicted molar refractivity (Wildman–Crippen MR) is 138 cm³/mol. The number of fused-ring (bicyclic) bond motifs is 1. The summed E-state index contributed by atoms with van der Waals surface area (Å²) in [4.78, 5) is 30.7. The van der Waals surface area contributed by atoms with Crippen molar-refractivity contribution >= 4 is 34.1 Å². The van der Waals surface area contributed by atoms with Gasteiger partial charge in [-0.05, 0) is 47.9 Å². The van der Waals surface area contributed by atoms with E-state index in [1.54, 1.807) is 24.3 Å². The molecule has 1 amide bonds. The van der Waals surface area contributed by atoms with Gasteiger partial charge in [0.05, 0.1) is 29.4 Å². The number of amides is 1. The highest BCUT2D eigenvalue weighted by molar-refractivity contribution is 6.09. The molecule has 9 heteroatoms. The molecule has 4 aromatic rings. The number of non-ortho nitro benzene ring substituents is 1. The third kappa shape index (κ3) is 4.78. The maximum Gasteiger partial charge on any atom is 0.270 e. The number of hydrogen-bond donors (Lipinski definition) is 1. The zero-order valence-electron chi connectivity index (χ0n) is 20.1. The van der Waals surface area contributed by atoms with E-state index >= 15 is 0 Å². The maximum absolute atomic E-state index is 13.3. The fourth-order valence-electron chi connectivity index (χ4n) is 4.24. The number of hydrogen-bond acceptors (Lipinski definition) is 7. The summed E-state index contributed by atoms with van der Waals surface area (Å²) in [5.74, 6) is 0.494. The average Bonchev–Trinajstić information content (AvgIpc) is 3.32. The Morgan fingerprint density at radius 1 is 1.06 bits per heavy atom. The van der Waals surface area contributed by atoms with Crippen LogP contribution >= 0.6 is 0 Å². The highest BCUT2D eigenvalue weighted by Crippen LogP contribution is 2.30. The Bertz CT molecular complexity index is 1420. The monoisotopic (exact) mass is 486 g/mol. The van der Waals surface area contributed by atoms with Gasteiger partial charge in [0.1, 0.15) is 5.52 Å². The fourth-order valence-corrected chi connectivity index (χ4v) is 4.24. The number of benzene rings is 3. The summed E-state index contributed by atoms with van der Waals surface area (Å²) in [6, 6.07) is 17.6. The van der Waals surface area contributed by atoms with E-state index in [2.05, 4.69) is 36.3 Å². The maximum atomic E-state index is 13.3. The summed E-state index contributed by atoms with van der Waals surface area (Å²) in [7, 11) is 0. The second-order valence-electron chi connectivity index (χ2n) is 8.99. The number of ether oxygens (including phenoxy) is 1. The number of aromatic nitrogens is 1. The van der Waals surface area contributed by atoms with Crippen molar-refractivity contribution in [2.75, 3.05) is 36.5 Å². The molecule has 0 saturated carbocycles. The van der Waals surface area contributed by atoms with Gasteiger partial charge < -0.3 is 19.4 Å². The lowest BCUT2D eigenvalue weighted by atomic mass is 10.0. The Kier molecular flexibility index (Phi) is 6.39. The third-order valence-electron chi connectivity index (χ3n) is 6.26. The number of anilines is 2. The van der Waals surface area contributed by atoms with Gasteiger partial charge in [0.15, 0.2) is 5.58 Å². The van der Waals surface area contributed by atoms with Crippen molar-refractivity contribution < 1.29 is 18.9 Å². The second-order valence-corrected chi connectivity index (χ2v) is 8.99. The van der Waals surface area contributed by atoms with Gasteiger partial charge in [0, 0.05) is 36.5 Å². The molecule has 0 atom stereocenters. The van der Waals surface area contributed by atoms with Gasteiger partial charge in [0.25, 0.3) is 11.6 Å². The first-order valence-corrected chi connectivity index (χ1v) is 11.8. The molecule has 1 aromatic heterocycles. The number of carbonyl (C=O) groups excluding carboxylic acids is 1. The Balaban J connectivity index is 1.42. The highest BCUT2D eigenvalue weighted by atomic mass is 16.6. The Hall–Kier alpha value is -4.24. The molecule has 0 aliphatic carbocycles. The first-order valence-electron chi connectivity index (χ1n) is 11.8. The highest BCUT2D eigenvalue weighted by Gasteiger charge is 2.22. The summed E-state index contributed by atoms with van der Waals surface area (Å²) < 4.78 is 11.3. The van der Waals surface area contributed by atoms with Crippen LogP contribution in [0.4, 0.5) is 17.1 Å². The Morgan fingerprint density at radius 3 is 2.50 bits per heavy atom. The molecule has 36 heavy (non-hydrogen) atoms. The van der Waals surface area contributed by atoms with Gasteiger partial charge in [-0.1, -0.05) is 26.0 Å². The van der Waals surface area contributed by atoms with Crippen molar-refractivity contribution in [3.05, 3.63) is 81.9 Å². The van der Waals surface area contributed by atoms with Gasteiger partial charge in [-0.3, -0.25) is 14.9 Å². The van der Waals surface area contributed by atoms with Crippen LogP contribution in [-0.4, -0.2) is 42.1 Å². The number of oxazole rings is 1. The fraction of sp³-hybridized carbons (Fsp3) is 0.259. The van der Waals surface area contributed by atoms with E-state index in [9.17, 15) is 14.9 Å². The molecule has 184 valence electrons. The standard InChI is InChI=1S/C27H26N4O5/c1-17(2)18-3-5-19(6-4-18)27-29-23-15-20(7-10-25(23)36-27)28-26(32)22-16-21(31(33)34)8-9-24(22)30-11-13-35-14-12-30/h3-10,15-17H,11-14H2,1-2H3,(H,28,32). The number of nitrogens with zero attached hydrogens (tertiary/aromatic N) is 3. The van der Waals surface area contributed by atoms with Gasteiger partial charge in [-0.15, -0.1) is 0 Å². The van der Waals surface area contributed by atoms with Crippen molar-refractivity contribution in [2.45, 2.75) is 19.8 Å². The average molecular weight is 487 g/mol. The van der Waals surface area contributed by atoms with E-state index in [-0.39, 0.29) is 11.3 Å². The molecule has 3 aromatic carbocycles. The van der Waals surface area contributed by atoms with Crippen LogP contribution < -0.4 is 10.2 Å². The lowest BCUT2D eigenvalue weighted by Gasteiger charge is -2.30. The van der Waals surface area contributed by atoms with Crippen molar-refractivity contribution in [1.29, 1.82) is 0 Å². The lowest BCUT2D eigenvalue weighted by Crippen LogP contribution is -2.37. The molecular weight excluding hydrogens is 460 g/mol. The summed E-state index contributed by atoms with van der Waals surface area (Å²) in [5.41, 5.74) is 4.54. The number of morpholine rings is 1. The smallest absolute Gasteiger partial charge is 0.270 e. The summed E-state index contributed by atoms with van der Waals surface area (Å²) >= 11 is 0. The summed E-state index contributed by atoms with van der Waals surface area (Å²) in [5, 5.41) is 14.2.